The van der Waals surface area contributed by atoms with E-state index in [1.54, 1.807) is 11.3 Å². The molecule has 1 N–H and O–H groups in total. The summed E-state index contributed by atoms with van der Waals surface area (Å²) in [4.78, 5) is 7.22. The Morgan fingerprint density at radius 1 is 1.16 bits per heavy atom. The van der Waals surface area contributed by atoms with E-state index in [1.165, 1.54) is 19.8 Å². The first-order chi connectivity index (χ1) is 9.22. The van der Waals surface area contributed by atoms with Crippen molar-refractivity contribution in [2.75, 3.05) is 11.9 Å². The topological polar surface area (TPSA) is 24.9 Å². The van der Waals surface area contributed by atoms with Crippen molar-refractivity contribution in [1.82, 2.24) is 4.98 Å². The van der Waals surface area contributed by atoms with Gasteiger partial charge in [-0.2, -0.15) is 0 Å². The Balaban J connectivity index is 1.63. The Morgan fingerprint density at radius 2 is 2.00 bits per heavy atom. The van der Waals surface area contributed by atoms with Gasteiger partial charge < -0.3 is 5.32 Å². The molecule has 0 bridgehead atoms. The van der Waals surface area contributed by atoms with Crippen LogP contribution in [-0.2, 0) is 6.42 Å². The maximum absolute atomic E-state index is 4.49. The van der Waals surface area contributed by atoms with Crippen molar-refractivity contribution in [3.05, 3.63) is 45.8 Å². The molecule has 2 aromatic heterocycles. The van der Waals surface area contributed by atoms with Crippen molar-refractivity contribution in [3.8, 4) is 0 Å². The van der Waals surface area contributed by atoms with Gasteiger partial charge in [0, 0.05) is 21.0 Å². The second kappa shape index (κ2) is 5.31. The summed E-state index contributed by atoms with van der Waals surface area (Å²) in [5.41, 5.74) is 1.13. The molecular formula is C15H16N2S2. The SMILES string of the molecule is Cc1nc(NCCc2cc3ccccc3s2)sc1C. The lowest BCUT2D eigenvalue weighted by Crippen LogP contribution is -2.03. The van der Waals surface area contributed by atoms with E-state index in [-0.39, 0.29) is 0 Å². The lowest BCUT2D eigenvalue weighted by atomic mass is 10.2. The van der Waals surface area contributed by atoms with Crippen LogP contribution in [0, 0.1) is 13.8 Å². The van der Waals surface area contributed by atoms with Gasteiger partial charge in [0.2, 0.25) is 0 Å². The first-order valence-electron chi connectivity index (χ1n) is 6.38. The van der Waals surface area contributed by atoms with E-state index in [1.807, 2.05) is 11.3 Å². The van der Waals surface area contributed by atoms with Crippen LogP contribution in [0.2, 0.25) is 0 Å². The molecule has 2 nitrogen and oxygen atoms in total. The van der Waals surface area contributed by atoms with Crippen LogP contribution in [0.4, 0.5) is 5.13 Å². The van der Waals surface area contributed by atoms with Crippen LogP contribution in [0.5, 0.6) is 0 Å². The van der Waals surface area contributed by atoms with Gasteiger partial charge in [0.05, 0.1) is 5.69 Å². The molecule has 3 rings (SSSR count). The molecule has 0 saturated heterocycles. The molecule has 0 amide bonds. The maximum Gasteiger partial charge on any atom is 0.183 e. The third-order valence-corrected chi connectivity index (χ3v) is 5.36. The van der Waals surface area contributed by atoms with Crippen LogP contribution >= 0.6 is 22.7 Å². The fraction of sp³-hybridized carbons (Fsp3) is 0.267. The van der Waals surface area contributed by atoms with Crippen molar-refractivity contribution < 1.29 is 0 Å². The largest absolute Gasteiger partial charge is 0.361 e. The number of hydrogen-bond acceptors (Lipinski definition) is 4. The smallest absolute Gasteiger partial charge is 0.183 e. The summed E-state index contributed by atoms with van der Waals surface area (Å²) in [6.45, 7) is 5.12. The molecule has 3 aromatic rings. The number of nitrogens with zero attached hydrogens (tertiary/aromatic N) is 1. The molecule has 4 heteroatoms. The first kappa shape index (κ1) is 12.6. The summed E-state index contributed by atoms with van der Waals surface area (Å²) in [6, 6.07) is 10.8. The maximum atomic E-state index is 4.49. The highest BCUT2D eigenvalue weighted by atomic mass is 32.1. The normalized spacial score (nSPS) is 11.1. The molecule has 2 heterocycles. The number of aryl methyl sites for hydroxylation is 2. The standard InChI is InChI=1S/C15H16N2S2/c1-10-11(2)18-15(17-10)16-8-7-13-9-12-5-3-4-6-14(12)19-13/h3-6,9H,7-8H2,1-2H3,(H,16,17). The number of thiazole rings is 1. The highest BCUT2D eigenvalue weighted by molar-refractivity contribution is 7.19. The van der Waals surface area contributed by atoms with Crippen molar-refractivity contribution in [1.29, 1.82) is 0 Å². The predicted octanol–water partition coefficient (Wildman–Crippen LogP) is 4.63. The Morgan fingerprint density at radius 3 is 2.74 bits per heavy atom. The highest BCUT2D eigenvalue weighted by Gasteiger charge is 2.04. The van der Waals surface area contributed by atoms with Crippen molar-refractivity contribution in [2.24, 2.45) is 0 Å². The van der Waals surface area contributed by atoms with E-state index >= 15 is 0 Å². The van der Waals surface area contributed by atoms with E-state index in [0.717, 1.165) is 23.8 Å². The van der Waals surface area contributed by atoms with Gasteiger partial charge in [0.15, 0.2) is 5.13 Å². The molecule has 0 atom stereocenters. The number of thiophene rings is 1. The van der Waals surface area contributed by atoms with Crippen LogP contribution in [0.1, 0.15) is 15.4 Å². The van der Waals surface area contributed by atoms with E-state index < -0.39 is 0 Å². The van der Waals surface area contributed by atoms with Crippen molar-refractivity contribution in [2.45, 2.75) is 20.3 Å². The molecule has 19 heavy (non-hydrogen) atoms. The molecule has 1 aromatic carbocycles. The lowest BCUT2D eigenvalue weighted by Gasteiger charge is -1.99. The summed E-state index contributed by atoms with van der Waals surface area (Å²) >= 11 is 3.62. The van der Waals surface area contributed by atoms with Crippen molar-refractivity contribution >= 4 is 37.9 Å². The van der Waals surface area contributed by atoms with Crippen LogP contribution < -0.4 is 5.32 Å². The zero-order valence-electron chi connectivity index (χ0n) is 11.1. The minimum Gasteiger partial charge on any atom is -0.361 e. The van der Waals surface area contributed by atoms with Crippen LogP contribution in [-0.4, -0.2) is 11.5 Å². The quantitative estimate of drug-likeness (QED) is 0.757. The Labute approximate surface area is 121 Å². The Hall–Kier alpha value is -1.39. The number of aromatic nitrogens is 1. The molecule has 0 saturated carbocycles. The summed E-state index contributed by atoms with van der Waals surface area (Å²) in [5.74, 6) is 0. The number of benzene rings is 1. The van der Waals surface area contributed by atoms with Gasteiger partial charge in [0.25, 0.3) is 0 Å². The van der Waals surface area contributed by atoms with Gasteiger partial charge in [0.1, 0.15) is 0 Å². The minimum atomic E-state index is 0.944. The minimum absolute atomic E-state index is 0.944. The van der Waals surface area contributed by atoms with Gasteiger partial charge in [-0.1, -0.05) is 18.2 Å². The Kier molecular flexibility index (Phi) is 3.53. The lowest BCUT2D eigenvalue weighted by molar-refractivity contribution is 1.03. The van der Waals surface area contributed by atoms with E-state index in [4.69, 9.17) is 0 Å². The highest BCUT2D eigenvalue weighted by Crippen LogP contribution is 2.26. The summed E-state index contributed by atoms with van der Waals surface area (Å²) in [6.07, 6.45) is 1.05. The van der Waals surface area contributed by atoms with Gasteiger partial charge in [-0.05, 0) is 37.8 Å². The zero-order valence-corrected chi connectivity index (χ0v) is 12.7. The van der Waals surface area contributed by atoms with Gasteiger partial charge in [-0.25, -0.2) is 4.98 Å². The second-order valence-corrected chi connectivity index (χ2v) is 6.96. The zero-order chi connectivity index (χ0) is 13.2. The summed E-state index contributed by atoms with van der Waals surface area (Å²) in [5, 5.41) is 5.80. The van der Waals surface area contributed by atoms with E-state index in [2.05, 4.69) is 54.5 Å². The fourth-order valence-corrected chi connectivity index (χ4v) is 3.91. The number of rotatable bonds is 4. The van der Waals surface area contributed by atoms with Gasteiger partial charge in [-0.15, -0.1) is 22.7 Å². The Bertz CT molecular complexity index is 645. The number of anilines is 1. The molecule has 0 aliphatic rings. The number of hydrogen-bond donors (Lipinski definition) is 1. The number of fused-ring (bicyclic) bond motifs is 1. The van der Waals surface area contributed by atoms with Gasteiger partial charge >= 0.3 is 0 Å². The predicted molar refractivity (Wildman–Crippen MR) is 85.6 cm³/mol. The van der Waals surface area contributed by atoms with Crippen molar-refractivity contribution in [3.63, 3.8) is 0 Å². The molecule has 0 spiro atoms. The van der Waals surface area contributed by atoms with E-state index in [9.17, 15) is 0 Å². The number of nitrogens with one attached hydrogen (secondary N) is 1. The monoisotopic (exact) mass is 288 g/mol. The summed E-state index contributed by atoms with van der Waals surface area (Å²) < 4.78 is 1.37. The molecule has 0 fully saturated rings. The average Bonchev–Trinajstić information content (AvgIpc) is 2.93. The molecule has 0 aliphatic heterocycles. The molecule has 0 aliphatic carbocycles. The third kappa shape index (κ3) is 2.80. The fourth-order valence-electron chi connectivity index (χ4n) is 2.00. The van der Waals surface area contributed by atoms with Crippen LogP contribution in [0.25, 0.3) is 10.1 Å². The van der Waals surface area contributed by atoms with E-state index in [0.29, 0.717) is 0 Å². The van der Waals surface area contributed by atoms with Crippen LogP contribution in [0.15, 0.2) is 30.3 Å². The third-order valence-electron chi connectivity index (χ3n) is 3.15. The molecule has 0 unspecified atom stereocenters. The average molecular weight is 288 g/mol. The van der Waals surface area contributed by atoms with Crippen LogP contribution in [0.3, 0.4) is 0 Å². The first-order valence-corrected chi connectivity index (χ1v) is 8.01. The van der Waals surface area contributed by atoms with Gasteiger partial charge in [-0.3, -0.25) is 0 Å². The molecule has 0 radical (unpaired) electrons. The molecular weight excluding hydrogens is 272 g/mol. The molecule has 98 valence electrons. The summed E-state index contributed by atoms with van der Waals surface area (Å²) in [7, 11) is 0. The second-order valence-electron chi connectivity index (χ2n) is 4.59.